The van der Waals surface area contributed by atoms with E-state index in [-0.39, 0.29) is 17.2 Å². The first-order valence-corrected chi connectivity index (χ1v) is 14.1. The van der Waals surface area contributed by atoms with Crippen LogP contribution in [0.3, 0.4) is 0 Å². The van der Waals surface area contributed by atoms with E-state index in [4.69, 9.17) is 16.3 Å². The summed E-state index contributed by atoms with van der Waals surface area (Å²) in [6.45, 7) is 12.4. The number of aryl methyl sites for hydroxylation is 2. The van der Waals surface area contributed by atoms with Gasteiger partial charge < -0.3 is 9.72 Å². The number of hydrogen-bond acceptors (Lipinski definition) is 6. The lowest BCUT2D eigenvalue weighted by atomic mass is 9.97. The van der Waals surface area contributed by atoms with Crippen molar-refractivity contribution in [3.05, 3.63) is 85.9 Å². The molecule has 1 fully saturated rings. The van der Waals surface area contributed by atoms with Gasteiger partial charge >= 0.3 is 0 Å². The fraction of sp³-hybridized carbons (Fsp3) is 0.467. The summed E-state index contributed by atoms with van der Waals surface area (Å²) in [5, 5.41) is 14.8. The highest BCUT2D eigenvalue weighted by molar-refractivity contribution is 6.30. The average molecular weight is 549 g/mol. The van der Waals surface area contributed by atoms with Gasteiger partial charge in [0.1, 0.15) is 6.04 Å². The van der Waals surface area contributed by atoms with Gasteiger partial charge in [0.25, 0.3) is 5.56 Å². The van der Waals surface area contributed by atoms with Crippen LogP contribution in [-0.2, 0) is 16.8 Å². The Hall–Kier alpha value is -3.07. The molecule has 2 atom stereocenters. The highest BCUT2D eigenvalue weighted by Crippen LogP contribution is 2.33. The van der Waals surface area contributed by atoms with E-state index in [1.165, 1.54) is 0 Å². The molecule has 0 radical (unpaired) electrons. The molecule has 2 aromatic heterocycles. The van der Waals surface area contributed by atoms with Crippen LogP contribution in [0.15, 0.2) is 47.3 Å². The Labute approximate surface area is 234 Å². The van der Waals surface area contributed by atoms with Crippen LogP contribution in [-0.4, -0.2) is 49.3 Å². The molecule has 9 heteroatoms. The van der Waals surface area contributed by atoms with Crippen molar-refractivity contribution in [1.82, 2.24) is 30.1 Å². The molecule has 8 nitrogen and oxygen atoms in total. The molecule has 0 amide bonds. The van der Waals surface area contributed by atoms with Crippen LogP contribution < -0.4 is 5.56 Å². The van der Waals surface area contributed by atoms with Gasteiger partial charge in [-0.15, -0.1) is 5.10 Å². The predicted molar refractivity (Wildman–Crippen MR) is 154 cm³/mol. The number of fused-ring (bicyclic) bond motifs is 1. The standard InChI is InChI=1S/C30H37ClN6O2/c1-6-30(4,5)37-28(33-34-35-37)27(25-16-22-15-19(2)14-20(3)26(22)32-29(25)38)36(18-24-8-7-13-39-24)17-21-9-11-23(31)12-10-21/h9-12,14-16,24,27H,6-8,13,17-18H2,1-5H3,(H,32,38)/t24-,27+/m0/s1. The van der Waals surface area contributed by atoms with Gasteiger partial charge in [-0.2, -0.15) is 0 Å². The zero-order valence-electron chi connectivity index (χ0n) is 23.4. The maximum absolute atomic E-state index is 13.9. The number of nitrogens with zero attached hydrogens (tertiary/aromatic N) is 5. The minimum atomic E-state index is -0.500. The summed E-state index contributed by atoms with van der Waals surface area (Å²) in [5.74, 6) is 0.642. The molecule has 0 saturated carbocycles. The van der Waals surface area contributed by atoms with Crippen LogP contribution in [0, 0.1) is 13.8 Å². The van der Waals surface area contributed by atoms with E-state index < -0.39 is 6.04 Å². The number of aromatic nitrogens is 5. The minimum Gasteiger partial charge on any atom is -0.377 e. The monoisotopic (exact) mass is 548 g/mol. The Balaban J connectivity index is 1.72. The van der Waals surface area contributed by atoms with E-state index in [0.717, 1.165) is 53.5 Å². The van der Waals surface area contributed by atoms with Crippen molar-refractivity contribution in [1.29, 1.82) is 0 Å². The Morgan fingerprint density at radius 1 is 1.21 bits per heavy atom. The molecule has 0 bridgehead atoms. The van der Waals surface area contributed by atoms with Crippen LogP contribution in [0.5, 0.6) is 0 Å². The van der Waals surface area contributed by atoms with E-state index in [1.54, 1.807) is 0 Å². The van der Waals surface area contributed by atoms with Crippen LogP contribution >= 0.6 is 11.6 Å². The predicted octanol–water partition coefficient (Wildman–Crippen LogP) is 5.70. The van der Waals surface area contributed by atoms with E-state index in [9.17, 15) is 4.79 Å². The molecule has 206 valence electrons. The lowest BCUT2D eigenvalue weighted by Gasteiger charge is -2.34. The number of ether oxygens (including phenoxy) is 1. The maximum Gasteiger partial charge on any atom is 0.253 e. The molecule has 4 aromatic rings. The quantitative estimate of drug-likeness (QED) is 0.288. The molecule has 1 aliphatic rings. The minimum absolute atomic E-state index is 0.0624. The van der Waals surface area contributed by atoms with E-state index in [0.29, 0.717) is 29.5 Å². The molecule has 1 N–H and O–H groups in total. The van der Waals surface area contributed by atoms with E-state index >= 15 is 0 Å². The highest BCUT2D eigenvalue weighted by Gasteiger charge is 2.36. The number of nitrogens with one attached hydrogen (secondary N) is 1. The largest absolute Gasteiger partial charge is 0.377 e. The van der Waals surface area contributed by atoms with Gasteiger partial charge in [0.05, 0.1) is 17.2 Å². The Bertz CT molecular complexity index is 1500. The van der Waals surface area contributed by atoms with Crippen molar-refractivity contribution in [2.24, 2.45) is 0 Å². The lowest BCUT2D eigenvalue weighted by molar-refractivity contribution is 0.0562. The number of hydrogen-bond donors (Lipinski definition) is 1. The van der Waals surface area contributed by atoms with Gasteiger partial charge in [-0.05, 0) is 98.2 Å². The summed E-state index contributed by atoms with van der Waals surface area (Å²) in [6, 6.07) is 13.6. The number of tetrazole rings is 1. The molecular weight excluding hydrogens is 512 g/mol. The van der Waals surface area contributed by atoms with Crippen LogP contribution in [0.2, 0.25) is 5.02 Å². The van der Waals surface area contributed by atoms with Crippen LogP contribution in [0.4, 0.5) is 0 Å². The van der Waals surface area contributed by atoms with Gasteiger partial charge in [0.2, 0.25) is 0 Å². The molecule has 39 heavy (non-hydrogen) atoms. The summed E-state index contributed by atoms with van der Waals surface area (Å²) in [4.78, 5) is 19.3. The van der Waals surface area contributed by atoms with Gasteiger partial charge in [-0.1, -0.05) is 42.3 Å². The topological polar surface area (TPSA) is 88.9 Å². The normalized spacial score (nSPS) is 16.8. The summed E-state index contributed by atoms with van der Waals surface area (Å²) in [5.41, 5.74) is 4.25. The second-order valence-corrected chi connectivity index (χ2v) is 11.7. The van der Waals surface area contributed by atoms with Gasteiger partial charge in [-0.3, -0.25) is 9.69 Å². The van der Waals surface area contributed by atoms with Gasteiger partial charge in [0.15, 0.2) is 5.82 Å². The maximum atomic E-state index is 13.9. The first-order chi connectivity index (χ1) is 18.7. The second-order valence-electron chi connectivity index (χ2n) is 11.3. The number of aromatic amines is 1. The SMILES string of the molecule is CCC(C)(C)n1nnnc1[C@@H](c1cc2cc(C)cc(C)c2[nH]c1=O)N(Cc1ccc(Cl)cc1)C[C@@H]1CCCO1. The third-order valence-corrected chi connectivity index (χ3v) is 8.17. The number of H-pyrrole nitrogens is 1. The van der Waals surface area contributed by atoms with Gasteiger partial charge in [0, 0.05) is 30.3 Å². The van der Waals surface area contributed by atoms with Crippen molar-refractivity contribution in [2.75, 3.05) is 13.2 Å². The summed E-state index contributed by atoms with van der Waals surface area (Å²) >= 11 is 6.21. The van der Waals surface area contributed by atoms with Crippen molar-refractivity contribution < 1.29 is 4.74 Å². The van der Waals surface area contributed by atoms with Crippen LogP contribution in [0.1, 0.15) is 74.2 Å². The third kappa shape index (κ3) is 5.78. The first kappa shape index (κ1) is 27.5. The highest BCUT2D eigenvalue weighted by atomic mass is 35.5. The van der Waals surface area contributed by atoms with Crippen molar-refractivity contribution >= 4 is 22.5 Å². The number of pyridine rings is 1. The van der Waals surface area contributed by atoms with Crippen LogP contribution in [0.25, 0.3) is 10.9 Å². The Kier molecular flexibility index (Phi) is 7.89. The lowest BCUT2D eigenvalue weighted by Crippen LogP contribution is -2.41. The molecule has 2 aromatic carbocycles. The molecule has 0 spiro atoms. The fourth-order valence-electron chi connectivity index (χ4n) is 5.49. The van der Waals surface area contributed by atoms with E-state index in [1.807, 2.05) is 41.9 Å². The summed E-state index contributed by atoms with van der Waals surface area (Å²) in [6.07, 6.45) is 2.89. The molecule has 1 aliphatic heterocycles. The molecule has 5 rings (SSSR count). The zero-order chi connectivity index (χ0) is 27.7. The van der Waals surface area contributed by atoms with Gasteiger partial charge in [-0.25, -0.2) is 4.68 Å². The van der Waals surface area contributed by atoms with Crippen molar-refractivity contribution in [3.8, 4) is 0 Å². The Morgan fingerprint density at radius 2 is 1.97 bits per heavy atom. The summed E-state index contributed by atoms with van der Waals surface area (Å²) in [7, 11) is 0. The van der Waals surface area contributed by atoms with E-state index in [2.05, 4.69) is 65.2 Å². The number of rotatable bonds is 9. The molecule has 1 saturated heterocycles. The van der Waals surface area contributed by atoms with Crippen molar-refractivity contribution in [2.45, 2.75) is 78.1 Å². The smallest absolute Gasteiger partial charge is 0.253 e. The first-order valence-electron chi connectivity index (χ1n) is 13.7. The molecule has 0 unspecified atom stereocenters. The Morgan fingerprint density at radius 3 is 2.67 bits per heavy atom. The summed E-state index contributed by atoms with van der Waals surface area (Å²) < 4.78 is 7.97. The average Bonchev–Trinajstić information content (AvgIpc) is 3.59. The fourth-order valence-corrected chi connectivity index (χ4v) is 5.61. The second kappa shape index (κ2) is 11.2. The van der Waals surface area contributed by atoms with Crippen molar-refractivity contribution in [3.63, 3.8) is 0 Å². The molecular formula is C30H37ClN6O2. The number of halogens is 1. The molecule has 0 aliphatic carbocycles. The zero-order valence-corrected chi connectivity index (χ0v) is 24.1. The third-order valence-electron chi connectivity index (χ3n) is 7.92. The molecule has 3 heterocycles. The number of benzene rings is 2.